The second kappa shape index (κ2) is 7.51. The topological polar surface area (TPSA) is 161 Å². The van der Waals surface area contributed by atoms with Crippen LogP contribution in [0.5, 0.6) is 0 Å². The van der Waals surface area contributed by atoms with Crippen LogP contribution in [0.1, 0.15) is 27.4 Å². The Morgan fingerprint density at radius 1 is 1.19 bits per heavy atom. The largest absolute Gasteiger partial charge is 0.388 e. The highest BCUT2D eigenvalue weighted by atomic mass is 16.6. The zero-order valence-corrected chi connectivity index (χ0v) is 14.3. The number of aromatic nitrogens is 2. The molecule has 0 saturated heterocycles. The quantitative estimate of drug-likeness (QED) is 0.245. The molecule has 26 heavy (non-hydrogen) atoms. The highest BCUT2D eigenvalue weighted by Crippen LogP contribution is 2.18. The zero-order valence-electron chi connectivity index (χ0n) is 14.3. The van der Waals surface area contributed by atoms with Crippen LogP contribution in [0.25, 0.3) is 0 Å². The molecule has 11 nitrogen and oxygen atoms in total. The molecule has 11 heteroatoms. The Labute approximate surface area is 148 Å². The molecule has 0 aliphatic carbocycles. The summed E-state index contributed by atoms with van der Waals surface area (Å²) in [6.45, 7) is 0.230. The summed E-state index contributed by atoms with van der Waals surface area (Å²) in [5.74, 6) is -0.930. The maximum atomic E-state index is 12.3. The molecule has 0 atom stereocenters. The van der Waals surface area contributed by atoms with Crippen molar-refractivity contribution in [3.63, 3.8) is 0 Å². The normalized spacial score (nSPS) is 10.4. The predicted molar refractivity (Wildman–Crippen MR) is 94.3 cm³/mol. The van der Waals surface area contributed by atoms with E-state index in [4.69, 9.17) is 11.1 Å². The third kappa shape index (κ3) is 4.26. The highest BCUT2D eigenvalue weighted by molar-refractivity contribution is 6.04. The van der Waals surface area contributed by atoms with Crippen molar-refractivity contribution < 1.29 is 14.5 Å². The van der Waals surface area contributed by atoms with E-state index in [1.165, 1.54) is 34.5 Å². The summed E-state index contributed by atoms with van der Waals surface area (Å²) in [4.78, 5) is 34.6. The Balaban J connectivity index is 2.09. The van der Waals surface area contributed by atoms with Crippen molar-refractivity contribution in [3.05, 3.63) is 46.0 Å². The minimum atomic E-state index is -0.581. The predicted octanol–water partition coefficient (Wildman–Crippen LogP) is 0.580. The lowest BCUT2D eigenvalue weighted by atomic mass is 10.3. The second-order valence-corrected chi connectivity index (χ2v) is 5.66. The van der Waals surface area contributed by atoms with E-state index in [0.717, 1.165) is 0 Å². The molecule has 0 saturated carbocycles. The number of carbonyl (C=O) groups is 2. The summed E-state index contributed by atoms with van der Waals surface area (Å²) in [7, 11) is 3.17. The number of amidine groups is 1. The Bertz CT molecular complexity index is 881. The van der Waals surface area contributed by atoms with Crippen LogP contribution in [0, 0.1) is 15.5 Å². The van der Waals surface area contributed by atoms with Gasteiger partial charge in [-0.15, -0.1) is 0 Å². The van der Waals surface area contributed by atoms with E-state index in [2.05, 4.69) is 10.6 Å². The van der Waals surface area contributed by atoms with Crippen LogP contribution in [0.15, 0.2) is 24.5 Å². The molecule has 0 aliphatic heterocycles. The first-order valence-corrected chi connectivity index (χ1v) is 7.58. The van der Waals surface area contributed by atoms with Gasteiger partial charge in [-0.3, -0.25) is 25.1 Å². The van der Waals surface area contributed by atoms with Crippen LogP contribution < -0.4 is 16.4 Å². The summed E-state index contributed by atoms with van der Waals surface area (Å²) in [5.41, 5.74) is 5.84. The number of carbonyl (C=O) groups excluding carboxylic acids is 2. The van der Waals surface area contributed by atoms with Gasteiger partial charge in [-0.05, 0) is 6.07 Å². The Hall–Kier alpha value is -3.63. The van der Waals surface area contributed by atoms with E-state index in [1.807, 2.05) is 0 Å². The summed E-state index contributed by atoms with van der Waals surface area (Å²) >= 11 is 0. The van der Waals surface area contributed by atoms with Gasteiger partial charge < -0.3 is 25.5 Å². The van der Waals surface area contributed by atoms with Gasteiger partial charge in [0, 0.05) is 39.3 Å². The minimum Gasteiger partial charge on any atom is -0.388 e. The number of nitrogens with one attached hydrogen (secondary N) is 3. The van der Waals surface area contributed by atoms with E-state index in [1.54, 1.807) is 13.2 Å². The van der Waals surface area contributed by atoms with Crippen LogP contribution in [0.3, 0.4) is 0 Å². The lowest BCUT2D eigenvalue weighted by molar-refractivity contribution is -0.384. The smallest absolute Gasteiger partial charge is 0.287 e. The van der Waals surface area contributed by atoms with Gasteiger partial charge in [0.1, 0.15) is 11.4 Å². The highest BCUT2D eigenvalue weighted by Gasteiger charge is 2.19. The van der Waals surface area contributed by atoms with Crippen molar-refractivity contribution in [1.82, 2.24) is 14.5 Å². The average molecular weight is 361 g/mol. The molecule has 0 aromatic carbocycles. The molecular weight excluding hydrogens is 342 g/mol. The van der Waals surface area contributed by atoms with Crippen LogP contribution in [-0.4, -0.2) is 38.3 Å². The molecule has 0 unspecified atom stereocenters. The first kappa shape index (κ1) is 18.7. The monoisotopic (exact) mass is 361 g/mol. The summed E-state index contributed by atoms with van der Waals surface area (Å²) in [5, 5.41) is 23.1. The fourth-order valence-electron chi connectivity index (χ4n) is 2.33. The Morgan fingerprint density at radius 3 is 2.38 bits per heavy atom. The number of nitro groups is 1. The van der Waals surface area contributed by atoms with E-state index >= 15 is 0 Å². The first-order valence-electron chi connectivity index (χ1n) is 7.58. The van der Waals surface area contributed by atoms with E-state index in [9.17, 15) is 19.7 Å². The number of amides is 2. The van der Waals surface area contributed by atoms with Gasteiger partial charge in [0.05, 0.1) is 22.6 Å². The number of rotatable bonds is 7. The molecule has 0 radical (unpaired) electrons. The van der Waals surface area contributed by atoms with Gasteiger partial charge in [-0.1, -0.05) is 0 Å². The maximum absolute atomic E-state index is 12.3. The minimum absolute atomic E-state index is 0.0261. The molecule has 2 rings (SSSR count). The summed E-state index contributed by atoms with van der Waals surface area (Å²) in [6, 6.07) is 2.66. The van der Waals surface area contributed by atoms with Crippen molar-refractivity contribution in [3.8, 4) is 0 Å². The molecule has 0 aliphatic rings. The zero-order chi connectivity index (χ0) is 19.4. The fourth-order valence-corrected chi connectivity index (χ4v) is 2.33. The number of anilines is 1. The number of nitrogens with zero attached hydrogens (tertiary/aromatic N) is 3. The van der Waals surface area contributed by atoms with E-state index in [0.29, 0.717) is 11.4 Å². The lowest BCUT2D eigenvalue weighted by Crippen LogP contribution is -2.28. The van der Waals surface area contributed by atoms with Crippen molar-refractivity contribution in [2.75, 3.05) is 11.9 Å². The van der Waals surface area contributed by atoms with Crippen LogP contribution >= 0.6 is 0 Å². The van der Waals surface area contributed by atoms with E-state index < -0.39 is 10.8 Å². The van der Waals surface area contributed by atoms with Crippen LogP contribution in [0.2, 0.25) is 0 Å². The summed E-state index contributed by atoms with van der Waals surface area (Å²) in [6.07, 6.45) is 3.04. The second-order valence-electron chi connectivity index (χ2n) is 5.66. The molecule has 2 amide bonds. The molecule has 0 spiro atoms. The molecule has 2 heterocycles. The lowest BCUT2D eigenvalue weighted by Gasteiger charge is -2.04. The Morgan fingerprint density at radius 2 is 1.81 bits per heavy atom. The van der Waals surface area contributed by atoms with Gasteiger partial charge >= 0.3 is 0 Å². The first-order chi connectivity index (χ1) is 12.2. The molecule has 2 aromatic heterocycles. The van der Waals surface area contributed by atoms with Crippen molar-refractivity contribution in [2.45, 2.75) is 6.42 Å². The maximum Gasteiger partial charge on any atom is 0.287 e. The average Bonchev–Trinajstić information content (AvgIpc) is 3.10. The fraction of sp³-hybridized carbons (Fsp3) is 0.267. The number of aryl methyl sites for hydroxylation is 2. The standard InChI is InChI=1S/C15H19N7O4/c1-20-7-9(5-11(20)14(23)18-4-3-13(16)17)19-15(24)12-6-10(22(25)26)8-21(12)2/h5-8H,3-4H2,1-2H3,(H3,16,17)(H,18,23)(H,19,24). The SMILES string of the molecule is Cn1cc(NC(=O)c2cc([N+](=O)[O-])cn2C)cc1C(=O)NCCC(=N)N. The van der Waals surface area contributed by atoms with Crippen molar-refractivity contribution in [2.24, 2.45) is 19.8 Å². The van der Waals surface area contributed by atoms with Gasteiger partial charge in [-0.2, -0.15) is 0 Å². The van der Waals surface area contributed by atoms with Gasteiger partial charge in [0.2, 0.25) is 0 Å². The summed E-state index contributed by atoms with van der Waals surface area (Å²) < 4.78 is 2.89. The third-order valence-electron chi connectivity index (χ3n) is 3.61. The third-order valence-corrected chi connectivity index (χ3v) is 3.61. The molecule has 2 aromatic rings. The van der Waals surface area contributed by atoms with Gasteiger partial charge in [0.15, 0.2) is 0 Å². The van der Waals surface area contributed by atoms with Crippen molar-refractivity contribution >= 4 is 29.0 Å². The number of hydrogen-bond acceptors (Lipinski definition) is 5. The van der Waals surface area contributed by atoms with Crippen LogP contribution in [-0.2, 0) is 14.1 Å². The number of nitrogens with two attached hydrogens (primary N) is 1. The molecule has 5 N–H and O–H groups in total. The van der Waals surface area contributed by atoms with Gasteiger partial charge in [0.25, 0.3) is 17.5 Å². The molecule has 0 bridgehead atoms. The van der Waals surface area contributed by atoms with E-state index in [-0.39, 0.29) is 36.1 Å². The molecule has 0 fully saturated rings. The number of hydrogen-bond donors (Lipinski definition) is 4. The van der Waals surface area contributed by atoms with Crippen LogP contribution in [0.4, 0.5) is 11.4 Å². The molecule has 138 valence electrons. The Kier molecular flexibility index (Phi) is 5.40. The molecular formula is C15H19N7O4. The van der Waals surface area contributed by atoms with Gasteiger partial charge in [-0.25, -0.2) is 0 Å². The van der Waals surface area contributed by atoms with Crippen molar-refractivity contribution in [1.29, 1.82) is 5.41 Å².